The number of aliphatic carboxylic acids is 1. The Balaban J connectivity index is 0.000000184. The number of nitrogens with one attached hydrogen (secondary N) is 1. The smallest absolute Gasteiger partial charge is 0.345 e. The Labute approximate surface area is 821 Å². The van der Waals surface area contributed by atoms with Crippen molar-refractivity contribution in [2.24, 2.45) is 0 Å². The van der Waals surface area contributed by atoms with E-state index in [2.05, 4.69) is 158 Å². The summed E-state index contributed by atoms with van der Waals surface area (Å²) < 4.78 is 163. The standard InChI is InChI=1S/2C20H20ClF2N7O.C14H15ClF2N4.C9H21O6P3.C8H19N.C7H10N2O3.H15P13/c2*1-28-8-17(20(22,23)11-28)30-18(9-29-7-13(10-31-2)26-27-29)25-16-6-24-15-4-3-12(21)5-14(15)19(16)30;1-21-6-12(14(16,17)7-21)20-13-9-4-8(15)2-3-11(9)19-5-10(13)18;1-4-7-16(10)13-17(11,8-5-2)15-18(12,14-16)9-6-3;1-6-9(7(2)3)8(4)5;1-12-5-6-2-8-9(3-6)4-7(10)11;1-8-12(9(2)3)13(10(4)5)11(6)7/h2*3-7,17H,8-11H2,1-2H3;2-5,12H,6-7,18H2,1H3,(H,19,20);4-9H2,1-3H3;7-8H,6H2,1-5H3;2-3H,4-5H2,1H3,(H,10,11);8H,1-7H2. The molecule has 0 radical (unpaired) electrons. The van der Waals surface area contributed by atoms with Crippen LogP contribution in [0.2, 0.25) is 15.1 Å². The summed E-state index contributed by atoms with van der Waals surface area (Å²) in [6.07, 6.45) is 13.3. The van der Waals surface area contributed by atoms with Crippen molar-refractivity contribution >= 4 is 235 Å². The summed E-state index contributed by atoms with van der Waals surface area (Å²) in [4.78, 5) is 39.9. The molecule has 4 aliphatic rings. The molecule has 3 aromatic carbocycles. The number of rotatable bonds is 30. The first-order valence-corrected chi connectivity index (χ1v) is 71.6. The maximum Gasteiger partial charge on any atom is 0.345 e. The van der Waals surface area contributed by atoms with Gasteiger partial charge >= 0.3 is 28.8 Å². The molecule has 0 amide bonds. The van der Waals surface area contributed by atoms with Gasteiger partial charge in [-0.3, -0.25) is 57.7 Å². The zero-order valence-corrected chi connectivity index (χ0v) is 95.7. The molecule has 135 heavy (non-hydrogen) atoms. The Bertz CT molecular complexity index is 5620. The summed E-state index contributed by atoms with van der Waals surface area (Å²) >= 11 is 18.4. The number of carboxylic acid groups (broad SMARTS) is 1. The normalized spacial score (nSPS) is 20.8. The van der Waals surface area contributed by atoms with Crippen molar-refractivity contribution in [3.8, 4) is 0 Å². The summed E-state index contributed by atoms with van der Waals surface area (Å²) in [5, 5.41) is 35.0. The molecule has 12 unspecified atom stereocenters. The molecule has 15 rings (SSSR count). The number of anilines is 2. The second kappa shape index (κ2) is 52.7. The third-order valence-electron chi connectivity index (χ3n) is 20.8. The number of carbonyl (C=O) groups is 1. The number of benzene rings is 3. The molecule has 0 bridgehead atoms. The number of nitrogen functional groups attached to an aromatic ring is 1. The third kappa shape index (κ3) is 32.1. The number of ether oxygens (including phenoxy) is 3. The van der Waals surface area contributed by atoms with Gasteiger partial charge in [0, 0.05) is 96.0 Å². The van der Waals surface area contributed by atoms with E-state index in [0.717, 1.165) is 20.1 Å². The van der Waals surface area contributed by atoms with Crippen molar-refractivity contribution in [3.05, 3.63) is 142 Å². The minimum Gasteiger partial charge on any atom is -0.480 e. The van der Waals surface area contributed by atoms with Gasteiger partial charge in [-0.25, -0.2) is 58.6 Å². The highest BCUT2D eigenvalue weighted by Crippen LogP contribution is 3.18. The maximum atomic E-state index is 15.1. The van der Waals surface area contributed by atoms with Gasteiger partial charge in [0.1, 0.15) is 71.8 Å². The van der Waals surface area contributed by atoms with E-state index in [0.29, 0.717) is 155 Å². The number of nitrogens with zero attached hydrogens (tertiary/aromatic N) is 19. The van der Waals surface area contributed by atoms with E-state index in [4.69, 9.17) is 72.8 Å². The summed E-state index contributed by atoms with van der Waals surface area (Å²) in [5.41, 5.74) is 13.1. The Morgan fingerprint density at radius 1 is 0.585 bits per heavy atom. The summed E-state index contributed by atoms with van der Waals surface area (Å²) in [7, 11) is 21.3. The van der Waals surface area contributed by atoms with Crippen LogP contribution in [-0.2, 0) is 85.1 Å². The number of halogens is 9. The predicted octanol–water partition coefficient (Wildman–Crippen LogP) is 23.4. The molecule has 4 N–H and O–H groups in total. The highest BCUT2D eigenvalue weighted by molar-refractivity contribution is 9.24. The maximum absolute atomic E-state index is 15.1. The van der Waals surface area contributed by atoms with Crippen LogP contribution in [-0.4, -0.2) is 247 Å². The van der Waals surface area contributed by atoms with Gasteiger partial charge in [0.25, 0.3) is 17.8 Å². The Morgan fingerprint density at radius 3 is 1.32 bits per heavy atom. The van der Waals surface area contributed by atoms with Crippen LogP contribution in [0.15, 0.2) is 98.0 Å². The molecule has 4 saturated heterocycles. The number of likely N-dealkylation sites (tertiary alicyclic amines) is 3. The number of fused-ring (bicyclic) bond motifs is 7. The second-order valence-corrected chi connectivity index (χ2v) is 88.4. The van der Waals surface area contributed by atoms with Crippen molar-refractivity contribution in [2.45, 2.75) is 162 Å². The number of likely N-dealkylation sites (N-methyl/N-ethyl adjacent to an activating group) is 3. The summed E-state index contributed by atoms with van der Waals surface area (Å²) in [6.45, 7) is 19.7. The van der Waals surface area contributed by atoms with Crippen molar-refractivity contribution in [1.82, 2.24) is 93.4 Å². The summed E-state index contributed by atoms with van der Waals surface area (Å²) in [5.74, 6) is -8.64. The van der Waals surface area contributed by atoms with E-state index in [1.807, 2.05) is 0 Å². The lowest BCUT2D eigenvalue weighted by Gasteiger charge is -2.34. The van der Waals surface area contributed by atoms with E-state index in [-0.39, 0.29) is 112 Å². The van der Waals surface area contributed by atoms with Crippen LogP contribution in [0.3, 0.4) is 0 Å². The minimum atomic E-state index is -3.57. The van der Waals surface area contributed by atoms with E-state index in [1.54, 1.807) is 188 Å². The largest absolute Gasteiger partial charge is 0.480 e. The van der Waals surface area contributed by atoms with E-state index in [9.17, 15) is 27.3 Å². The zero-order valence-electron chi connectivity index (χ0n) is 77.2. The molecular weight excluding hydrogens is 2120 g/mol. The number of imidazole rings is 2. The van der Waals surface area contributed by atoms with Crippen molar-refractivity contribution in [1.29, 1.82) is 0 Å². The van der Waals surface area contributed by atoms with Crippen LogP contribution in [0.25, 0.3) is 54.8 Å². The number of hydrogen-bond acceptors (Lipinski definition) is 26. The Morgan fingerprint density at radius 2 is 0.985 bits per heavy atom. The molecule has 32 nitrogen and oxygen atoms in total. The number of alkyl halides is 6. The van der Waals surface area contributed by atoms with E-state index < -0.39 is 64.6 Å². The molecular formula is C78H120Cl3F6N21O11P16. The number of carboxylic acids is 1. The first-order valence-electron chi connectivity index (χ1n) is 42.4. The minimum absolute atomic E-state index is 0.107. The van der Waals surface area contributed by atoms with Crippen molar-refractivity contribution < 1.29 is 77.1 Å². The van der Waals surface area contributed by atoms with Gasteiger partial charge in [0.2, 0.25) is 0 Å². The SMILES string of the molecule is CCCP1(=O)OP(=O)(CCC)OP(=O)(CCC)O1.CCN(C(C)C)C(C)C.CN1CC(Nc2c(N)cnc3ccc(Cl)cc23)C(F)(F)C1.COCc1cn(Cc2nc3cnc4ccc(Cl)cc4c3n2C2CN(C)CC2(F)F)nn1.COCc1cn(Cc2nc3cnc4ccc(Cl)cc4c3n2C2CN(C)CC2(F)F)nn1.COCc1cnn(CC(=O)O)c1.PPP(P(P)P)P(P(P)P)P(P)P. The molecule has 4 aliphatic heterocycles. The second-order valence-electron chi connectivity index (χ2n) is 32.6. The topological polar surface area (TPSA) is 348 Å². The van der Waals surface area contributed by atoms with Gasteiger partial charge in [-0.05, 0) is 164 Å². The lowest BCUT2D eigenvalue weighted by molar-refractivity contribution is -0.137. The van der Waals surface area contributed by atoms with Crippen molar-refractivity contribution in [3.63, 3.8) is 0 Å². The number of hydrogen-bond donors (Lipinski definition) is 3. The summed E-state index contributed by atoms with van der Waals surface area (Å²) in [6, 6.07) is 13.9. The first kappa shape index (κ1) is 116. The number of nitrogens with two attached hydrogens (primary N) is 1. The average Bonchev–Trinajstić information content (AvgIpc) is 1.58. The molecule has 8 aromatic heterocycles. The molecule has 746 valence electrons. The Kier molecular flexibility index (Phi) is 45.4. The first-order chi connectivity index (χ1) is 63.6. The lowest BCUT2D eigenvalue weighted by Crippen LogP contribution is -2.38. The highest BCUT2D eigenvalue weighted by Gasteiger charge is 2.53. The monoisotopic (exact) mass is 2240 g/mol. The molecule has 12 atom stereocenters. The van der Waals surface area contributed by atoms with Crippen molar-refractivity contribution in [2.75, 3.05) is 118 Å². The molecule has 11 aromatic rings. The molecule has 0 aliphatic carbocycles. The van der Waals surface area contributed by atoms with Crippen LogP contribution in [0, 0.1) is 0 Å². The number of aromatic nitrogens is 15. The predicted molar refractivity (Wildman–Crippen MR) is 569 cm³/mol. The van der Waals surface area contributed by atoms with Crippen LogP contribution in [0.1, 0.15) is 115 Å². The van der Waals surface area contributed by atoms with E-state index in [1.165, 1.54) is 10.9 Å². The van der Waals surface area contributed by atoms with Gasteiger partial charge < -0.3 is 39.5 Å². The van der Waals surface area contributed by atoms with E-state index >= 15 is 17.6 Å². The molecule has 12 heterocycles. The third-order valence-corrected chi connectivity index (χ3v) is 104. The van der Waals surface area contributed by atoms with Gasteiger partial charge in [-0.1, -0.05) is 80.9 Å². The average molecular weight is 2240 g/mol. The fraction of sp³-hybridized carbons (Fsp3) is 0.526. The van der Waals surface area contributed by atoms with Crippen LogP contribution >= 0.6 is 163 Å². The van der Waals surface area contributed by atoms with Crippen LogP contribution in [0.4, 0.5) is 37.7 Å². The number of methoxy groups -OCH3 is 3. The van der Waals surface area contributed by atoms with Crippen LogP contribution in [0.5, 0.6) is 0 Å². The fourth-order valence-electron chi connectivity index (χ4n) is 15.5. The van der Waals surface area contributed by atoms with Gasteiger partial charge in [-0.2, -0.15) is 5.10 Å². The molecule has 4 fully saturated rings. The van der Waals surface area contributed by atoms with Gasteiger partial charge in [0.05, 0.1) is 134 Å². The highest BCUT2D eigenvalue weighted by atomic mass is 35.5. The quantitative estimate of drug-likeness (QED) is 0.0278. The zero-order chi connectivity index (χ0) is 99.6. The van der Waals surface area contributed by atoms with Gasteiger partial charge in [-0.15, -0.1) is 72.7 Å². The number of pyridine rings is 3. The fourth-order valence-corrected chi connectivity index (χ4v) is 153. The Hall–Kier alpha value is -2.28. The molecule has 0 spiro atoms. The molecule has 0 saturated carbocycles. The van der Waals surface area contributed by atoms with Crippen LogP contribution < -0.4 is 11.1 Å². The lowest BCUT2D eigenvalue weighted by atomic mass is 10.1. The molecule has 57 heteroatoms. The van der Waals surface area contributed by atoms with Gasteiger partial charge in [0.15, 0.2) is 0 Å².